The first kappa shape index (κ1) is 21.4. The lowest BCUT2D eigenvalue weighted by molar-refractivity contribution is 0.532. The standard InChI is InChI=1S/C24H21Cl2NOS/c1-2-9-19(24(28)29)18-12-6-7-15-22(18)27(16-17-10-4-3-5-11-17)23-20(25)13-8-14-21(23)26/h2-8,10-15,19H,1,9,16H2,(H,28,29). The second-order valence-corrected chi connectivity index (χ2v) is 7.85. The molecule has 0 aliphatic carbocycles. The van der Waals surface area contributed by atoms with E-state index in [1.54, 1.807) is 6.08 Å². The molecule has 1 unspecified atom stereocenters. The van der Waals surface area contributed by atoms with Crippen molar-refractivity contribution in [3.8, 4) is 0 Å². The van der Waals surface area contributed by atoms with Crippen molar-refractivity contribution in [3.05, 3.63) is 107 Å². The molecule has 0 spiro atoms. The van der Waals surface area contributed by atoms with Crippen molar-refractivity contribution in [1.29, 1.82) is 0 Å². The molecule has 3 aromatic carbocycles. The van der Waals surface area contributed by atoms with Crippen LogP contribution in [-0.4, -0.2) is 10.2 Å². The number of benzene rings is 3. The molecule has 0 bridgehead atoms. The average Bonchev–Trinajstić information content (AvgIpc) is 2.72. The summed E-state index contributed by atoms with van der Waals surface area (Å²) in [5, 5.41) is 11.2. The summed E-state index contributed by atoms with van der Waals surface area (Å²) in [5.74, 6) is -0.349. The van der Waals surface area contributed by atoms with Gasteiger partial charge in [-0.05, 0) is 48.0 Å². The number of anilines is 2. The maximum atomic E-state index is 10.2. The van der Waals surface area contributed by atoms with E-state index in [4.69, 9.17) is 35.4 Å². The third-order valence-electron chi connectivity index (χ3n) is 4.69. The maximum Gasteiger partial charge on any atom is 0.164 e. The minimum atomic E-state index is -0.349. The quantitative estimate of drug-likeness (QED) is 0.284. The molecule has 0 aliphatic heterocycles. The molecule has 3 rings (SSSR count). The Kier molecular flexibility index (Phi) is 7.32. The van der Waals surface area contributed by atoms with E-state index in [1.165, 1.54) is 0 Å². The molecule has 29 heavy (non-hydrogen) atoms. The van der Waals surface area contributed by atoms with E-state index in [9.17, 15) is 5.11 Å². The summed E-state index contributed by atoms with van der Waals surface area (Å²) in [5.41, 5.74) is 3.60. The van der Waals surface area contributed by atoms with Gasteiger partial charge in [0.1, 0.15) is 0 Å². The van der Waals surface area contributed by atoms with Crippen molar-refractivity contribution in [2.24, 2.45) is 0 Å². The Balaban J connectivity index is 2.20. The molecule has 0 radical (unpaired) electrons. The number of halogens is 2. The molecule has 0 aliphatic rings. The molecule has 0 saturated heterocycles. The fraction of sp³-hybridized carbons (Fsp3) is 0.125. The number of aliphatic hydroxyl groups is 1. The van der Waals surface area contributed by atoms with Gasteiger partial charge < -0.3 is 10.0 Å². The molecule has 5 heteroatoms. The van der Waals surface area contributed by atoms with E-state index in [0.29, 0.717) is 28.7 Å². The SMILES string of the molecule is C=CCC(C(O)=S)c1ccccc1N(Cc1ccccc1)c1c(Cl)cccc1Cl. The largest absolute Gasteiger partial charge is 0.502 e. The van der Waals surface area contributed by atoms with Gasteiger partial charge >= 0.3 is 0 Å². The highest BCUT2D eigenvalue weighted by molar-refractivity contribution is 7.80. The number of hydrogen-bond donors (Lipinski definition) is 1. The molecule has 0 aromatic heterocycles. The monoisotopic (exact) mass is 441 g/mol. The van der Waals surface area contributed by atoms with Gasteiger partial charge in [-0.2, -0.15) is 0 Å². The summed E-state index contributed by atoms with van der Waals surface area (Å²) in [6, 6.07) is 23.4. The normalized spacial score (nSPS) is 11.7. The first-order valence-corrected chi connectivity index (χ1v) is 10.4. The number of allylic oxidation sites excluding steroid dienone is 1. The number of rotatable bonds is 8. The Morgan fingerprint density at radius 1 is 0.966 bits per heavy atom. The van der Waals surface area contributed by atoms with Crippen molar-refractivity contribution in [3.63, 3.8) is 0 Å². The zero-order valence-corrected chi connectivity index (χ0v) is 18.1. The highest BCUT2D eigenvalue weighted by atomic mass is 35.5. The summed E-state index contributed by atoms with van der Waals surface area (Å²) in [4.78, 5) is 2.07. The Bertz CT molecular complexity index is 987. The molecule has 0 saturated carbocycles. The Hall–Kier alpha value is -2.33. The Labute approximate surface area is 187 Å². The van der Waals surface area contributed by atoms with Crippen molar-refractivity contribution in [2.75, 3.05) is 4.90 Å². The smallest absolute Gasteiger partial charge is 0.164 e. The van der Waals surface area contributed by atoms with Gasteiger partial charge in [0, 0.05) is 12.2 Å². The summed E-state index contributed by atoms with van der Waals surface area (Å²) < 4.78 is 0. The second kappa shape index (κ2) is 9.93. The van der Waals surface area contributed by atoms with Gasteiger partial charge in [-0.3, -0.25) is 0 Å². The molecule has 0 fully saturated rings. The van der Waals surface area contributed by atoms with Gasteiger partial charge in [0.05, 0.1) is 21.7 Å². The van der Waals surface area contributed by atoms with Gasteiger partial charge in [0.25, 0.3) is 0 Å². The number of nitrogens with zero attached hydrogens (tertiary/aromatic N) is 1. The van der Waals surface area contributed by atoms with Gasteiger partial charge in [-0.25, -0.2) is 0 Å². The van der Waals surface area contributed by atoms with Gasteiger partial charge in [0.15, 0.2) is 5.05 Å². The topological polar surface area (TPSA) is 23.5 Å². The lowest BCUT2D eigenvalue weighted by Gasteiger charge is -2.31. The number of thiocarbonyl (C=S) groups is 1. The summed E-state index contributed by atoms with van der Waals surface area (Å²) in [7, 11) is 0. The fourth-order valence-corrected chi connectivity index (χ4v) is 4.18. The molecule has 1 N–H and O–H groups in total. The van der Waals surface area contributed by atoms with E-state index in [1.807, 2.05) is 60.7 Å². The molecule has 1 atom stereocenters. The highest BCUT2D eigenvalue weighted by Gasteiger charge is 2.24. The molecular weight excluding hydrogens is 421 g/mol. The van der Waals surface area contributed by atoms with E-state index in [-0.39, 0.29) is 11.0 Å². The van der Waals surface area contributed by atoms with Crippen LogP contribution < -0.4 is 4.90 Å². The Morgan fingerprint density at radius 3 is 2.21 bits per heavy atom. The molecule has 148 valence electrons. The van der Waals surface area contributed by atoms with Crippen molar-refractivity contribution >= 4 is 51.8 Å². The summed E-state index contributed by atoms with van der Waals surface area (Å²) in [6.45, 7) is 4.37. The maximum absolute atomic E-state index is 10.2. The zero-order chi connectivity index (χ0) is 20.8. The fourth-order valence-electron chi connectivity index (χ4n) is 3.35. The lowest BCUT2D eigenvalue weighted by atomic mass is 9.93. The molecular formula is C24H21Cl2NOS. The van der Waals surface area contributed by atoms with Gasteiger partial charge in [0.2, 0.25) is 0 Å². The van der Waals surface area contributed by atoms with Crippen LogP contribution in [0.25, 0.3) is 0 Å². The van der Waals surface area contributed by atoms with Gasteiger partial charge in [-0.15, -0.1) is 6.58 Å². The molecule has 0 heterocycles. The van der Waals surface area contributed by atoms with Crippen molar-refractivity contribution < 1.29 is 5.11 Å². The summed E-state index contributed by atoms with van der Waals surface area (Å²) >= 11 is 18.3. The van der Waals surface area contributed by atoms with Crippen LogP contribution >= 0.6 is 35.4 Å². The van der Waals surface area contributed by atoms with Crippen LogP contribution in [-0.2, 0) is 6.54 Å². The minimum absolute atomic E-state index is 0.0673. The van der Waals surface area contributed by atoms with E-state index >= 15 is 0 Å². The zero-order valence-electron chi connectivity index (χ0n) is 15.8. The van der Waals surface area contributed by atoms with Crippen molar-refractivity contribution in [2.45, 2.75) is 18.9 Å². The Morgan fingerprint density at radius 2 is 1.59 bits per heavy atom. The molecule has 3 aromatic rings. The van der Waals surface area contributed by atoms with Crippen LogP contribution in [0.3, 0.4) is 0 Å². The molecule has 2 nitrogen and oxygen atoms in total. The van der Waals surface area contributed by atoms with Crippen LogP contribution in [0.5, 0.6) is 0 Å². The number of hydrogen-bond acceptors (Lipinski definition) is 2. The predicted molar refractivity (Wildman–Crippen MR) is 128 cm³/mol. The minimum Gasteiger partial charge on any atom is -0.502 e. The van der Waals surface area contributed by atoms with Crippen LogP contribution in [0.1, 0.15) is 23.5 Å². The predicted octanol–water partition coefficient (Wildman–Crippen LogP) is 7.88. The van der Waals surface area contributed by atoms with E-state index < -0.39 is 0 Å². The second-order valence-electron chi connectivity index (χ2n) is 6.62. The molecule has 0 amide bonds. The first-order chi connectivity index (χ1) is 14.0. The highest BCUT2D eigenvalue weighted by Crippen LogP contribution is 2.42. The average molecular weight is 442 g/mol. The van der Waals surface area contributed by atoms with Crippen LogP contribution in [0.4, 0.5) is 11.4 Å². The van der Waals surface area contributed by atoms with Crippen LogP contribution in [0.15, 0.2) is 85.5 Å². The lowest BCUT2D eigenvalue weighted by Crippen LogP contribution is -2.21. The van der Waals surface area contributed by atoms with E-state index in [2.05, 4.69) is 23.6 Å². The third-order valence-corrected chi connectivity index (χ3v) is 5.59. The van der Waals surface area contributed by atoms with Crippen LogP contribution in [0.2, 0.25) is 10.0 Å². The first-order valence-electron chi connectivity index (χ1n) is 9.21. The summed E-state index contributed by atoms with van der Waals surface area (Å²) in [6.07, 6.45) is 2.29. The van der Waals surface area contributed by atoms with Gasteiger partial charge in [-0.1, -0.05) is 83.9 Å². The third kappa shape index (κ3) is 4.99. The van der Waals surface area contributed by atoms with Crippen molar-refractivity contribution in [1.82, 2.24) is 0 Å². The van der Waals surface area contributed by atoms with Crippen LogP contribution in [0, 0.1) is 0 Å². The number of para-hydroxylation sites is 2. The van der Waals surface area contributed by atoms with E-state index in [0.717, 1.165) is 16.8 Å². The number of aliphatic hydroxyl groups excluding tert-OH is 1.